The number of hydrogen-bond acceptors (Lipinski definition) is 3. The first-order valence-electron chi connectivity index (χ1n) is 6.26. The fourth-order valence-corrected chi connectivity index (χ4v) is 1.91. The summed E-state index contributed by atoms with van der Waals surface area (Å²) in [6.07, 6.45) is 6.65. The molecule has 0 saturated carbocycles. The van der Waals surface area contributed by atoms with Gasteiger partial charge in [0, 0.05) is 16.1 Å². The number of benzene rings is 1. The third-order valence-electron chi connectivity index (χ3n) is 2.37. The van der Waals surface area contributed by atoms with E-state index < -0.39 is 5.91 Å². The monoisotopic (exact) mass is 346 g/mol. The first-order valence-corrected chi connectivity index (χ1v) is 7.05. The lowest BCUT2D eigenvalue weighted by Gasteiger charge is -2.09. The molecule has 0 aromatic heterocycles. The third-order valence-corrected chi connectivity index (χ3v) is 2.86. The zero-order valence-corrected chi connectivity index (χ0v) is 13.4. The standard InChI is InChI=1S/C16H15BrN2O2/c1-4-7-21-15-6-5-14(17)9-12(15)8-13(10-18)16(20)19-11(2)3/h1,5-6,8-9,11H,7H2,2-3H3,(H,19,20)/b13-8+. The zero-order chi connectivity index (χ0) is 15.8. The van der Waals surface area contributed by atoms with Crippen LogP contribution in [0.2, 0.25) is 0 Å². The van der Waals surface area contributed by atoms with Gasteiger partial charge in [-0.25, -0.2) is 0 Å². The van der Waals surface area contributed by atoms with Crippen molar-refractivity contribution in [3.63, 3.8) is 0 Å². The van der Waals surface area contributed by atoms with E-state index in [0.29, 0.717) is 11.3 Å². The molecule has 0 spiro atoms. The second-order valence-corrected chi connectivity index (χ2v) is 5.39. The second kappa shape index (κ2) is 8.14. The van der Waals surface area contributed by atoms with Crippen LogP contribution in [0, 0.1) is 23.7 Å². The molecule has 1 amide bonds. The zero-order valence-electron chi connectivity index (χ0n) is 11.8. The summed E-state index contributed by atoms with van der Waals surface area (Å²) in [6, 6.07) is 7.12. The molecule has 0 aliphatic heterocycles. The van der Waals surface area contributed by atoms with Gasteiger partial charge in [-0.2, -0.15) is 5.26 Å². The lowest BCUT2D eigenvalue weighted by Crippen LogP contribution is -2.30. The van der Waals surface area contributed by atoms with Gasteiger partial charge >= 0.3 is 0 Å². The van der Waals surface area contributed by atoms with Gasteiger partial charge in [0.15, 0.2) is 0 Å². The van der Waals surface area contributed by atoms with Crippen LogP contribution < -0.4 is 10.1 Å². The Hall–Kier alpha value is -2.24. The van der Waals surface area contributed by atoms with Crippen LogP contribution in [0.4, 0.5) is 0 Å². The number of nitrogens with zero attached hydrogens (tertiary/aromatic N) is 1. The molecule has 108 valence electrons. The Bertz CT molecular complexity index is 637. The van der Waals surface area contributed by atoms with Gasteiger partial charge in [-0.3, -0.25) is 4.79 Å². The minimum Gasteiger partial charge on any atom is -0.480 e. The molecular weight excluding hydrogens is 332 g/mol. The molecule has 0 unspecified atom stereocenters. The SMILES string of the molecule is C#CCOc1ccc(Br)cc1/C=C(\C#N)C(=O)NC(C)C. The molecule has 21 heavy (non-hydrogen) atoms. The van der Waals surface area contributed by atoms with Crippen molar-refractivity contribution in [2.24, 2.45) is 0 Å². The van der Waals surface area contributed by atoms with Crippen LogP contribution in [0.1, 0.15) is 19.4 Å². The lowest BCUT2D eigenvalue weighted by molar-refractivity contribution is -0.117. The van der Waals surface area contributed by atoms with Crippen LogP contribution in [0.3, 0.4) is 0 Å². The number of carbonyl (C=O) groups is 1. The number of carbonyl (C=O) groups excluding carboxylic acids is 1. The number of ether oxygens (including phenoxy) is 1. The highest BCUT2D eigenvalue weighted by Gasteiger charge is 2.12. The number of nitriles is 1. The predicted molar refractivity (Wildman–Crippen MR) is 85.3 cm³/mol. The molecule has 0 radical (unpaired) electrons. The van der Waals surface area contributed by atoms with Crippen LogP contribution in [-0.2, 0) is 4.79 Å². The van der Waals surface area contributed by atoms with Gasteiger partial charge in [0.05, 0.1) is 0 Å². The fourth-order valence-electron chi connectivity index (χ4n) is 1.53. The number of halogens is 1. The average Bonchev–Trinajstić information content (AvgIpc) is 2.42. The van der Waals surface area contributed by atoms with E-state index in [0.717, 1.165) is 4.47 Å². The molecule has 0 aliphatic rings. The quantitative estimate of drug-likeness (QED) is 0.506. The van der Waals surface area contributed by atoms with Gasteiger partial charge in [-0.15, -0.1) is 6.42 Å². The van der Waals surface area contributed by atoms with Crippen molar-refractivity contribution in [2.75, 3.05) is 6.61 Å². The van der Waals surface area contributed by atoms with Crippen molar-refractivity contribution in [2.45, 2.75) is 19.9 Å². The van der Waals surface area contributed by atoms with E-state index >= 15 is 0 Å². The number of amides is 1. The summed E-state index contributed by atoms with van der Waals surface area (Å²) in [5, 5.41) is 11.8. The van der Waals surface area contributed by atoms with Crippen LogP contribution in [0.25, 0.3) is 6.08 Å². The van der Waals surface area contributed by atoms with E-state index in [-0.39, 0.29) is 18.2 Å². The summed E-state index contributed by atoms with van der Waals surface area (Å²) in [5.41, 5.74) is 0.613. The highest BCUT2D eigenvalue weighted by atomic mass is 79.9. The minimum atomic E-state index is -0.421. The summed E-state index contributed by atoms with van der Waals surface area (Å²) >= 11 is 3.35. The van der Waals surface area contributed by atoms with Crippen molar-refractivity contribution in [1.82, 2.24) is 5.32 Å². The third kappa shape index (κ3) is 5.33. The van der Waals surface area contributed by atoms with Crippen molar-refractivity contribution >= 4 is 27.9 Å². The average molecular weight is 347 g/mol. The maximum Gasteiger partial charge on any atom is 0.262 e. The largest absolute Gasteiger partial charge is 0.480 e. The predicted octanol–water partition coefficient (Wildman–Crippen LogP) is 2.89. The van der Waals surface area contributed by atoms with Crippen molar-refractivity contribution in [1.29, 1.82) is 5.26 Å². The van der Waals surface area contributed by atoms with Crippen molar-refractivity contribution in [3.05, 3.63) is 33.8 Å². The topological polar surface area (TPSA) is 62.1 Å². The Labute approximate surface area is 132 Å². The molecule has 0 bridgehead atoms. The Balaban J connectivity index is 3.15. The van der Waals surface area contributed by atoms with Crippen LogP contribution in [0.5, 0.6) is 5.75 Å². The van der Waals surface area contributed by atoms with Crippen LogP contribution in [0.15, 0.2) is 28.2 Å². The van der Waals surface area contributed by atoms with E-state index in [1.165, 1.54) is 6.08 Å². The van der Waals surface area contributed by atoms with Crippen molar-refractivity contribution < 1.29 is 9.53 Å². The smallest absolute Gasteiger partial charge is 0.262 e. The maximum absolute atomic E-state index is 11.9. The van der Waals surface area contributed by atoms with E-state index in [2.05, 4.69) is 27.2 Å². The van der Waals surface area contributed by atoms with Gasteiger partial charge in [0.2, 0.25) is 0 Å². The lowest BCUT2D eigenvalue weighted by atomic mass is 10.1. The molecule has 1 rings (SSSR count). The normalized spacial score (nSPS) is 10.7. The van der Waals surface area contributed by atoms with Crippen LogP contribution in [-0.4, -0.2) is 18.6 Å². The number of rotatable bonds is 5. The molecule has 1 aromatic rings. The molecule has 4 nitrogen and oxygen atoms in total. The van der Waals surface area contributed by atoms with E-state index in [9.17, 15) is 4.79 Å². The molecule has 1 N–H and O–H groups in total. The van der Waals surface area contributed by atoms with Gasteiger partial charge in [0.25, 0.3) is 5.91 Å². The summed E-state index contributed by atoms with van der Waals surface area (Å²) < 4.78 is 6.21. The van der Waals surface area contributed by atoms with Gasteiger partial charge in [-0.1, -0.05) is 21.9 Å². The molecule has 0 saturated heterocycles. The van der Waals surface area contributed by atoms with E-state index in [1.54, 1.807) is 18.2 Å². The van der Waals surface area contributed by atoms with E-state index in [4.69, 9.17) is 16.4 Å². The Morgan fingerprint density at radius 2 is 2.29 bits per heavy atom. The highest BCUT2D eigenvalue weighted by Crippen LogP contribution is 2.25. The molecule has 5 heteroatoms. The molecule has 0 atom stereocenters. The summed E-state index contributed by atoms with van der Waals surface area (Å²) in [7, 11) is 0. The molecule has 0 aliphatic carbocycles. The Morgan fingerprint density at radius 1 is 1.57 bits per heavy atom. The number of nitrogens with one attached hydrogen (secondary N) is 1. The highest BCUT2D eigenvalue weighted by molar-refractivity contribution is 9.10. The summed E-state index contributed by atoms with van der Waals surface area (Å²) in [6.45, 7) is 3.77. The van der Waals surface area contributed by atoms with Gasteiger partial charge in [-0.05, 0) is 38.1 Å². The minimum absolute atomic E-state index is 0.00681. The molecule has 0 fully saturated rings. The summed E-state index contributed by atoms with van der Waals surface area (Å²) in [5.74, 6) is 2.47. The first kappa shape index (κ1) is 16.8. The number of terminal acetylenes is 1. The van der Waals surface area contributed by atoms with E-state index in [1.807, 2.05) is 19.9 Å². The fraction of sp³-hybridized carbons (Fsp3) is 0.250. The second-order valence-electron chi connectivity index (χ2n) is 4.47. The molecule has 1 aromatic carbocycles. The molecular formula is C16H15BrN2O2. The first-order chi connectivity index (χ1) is 9.97. The van der Waals surface area contributed by atoms with Gasteiger partial charge < -0.3 is 10.1 Å². The maximum atomic E-state index is 11.9. The molecule has 0 heterocycles. The van der Waals surface area contributed by atoms with Crippen molar-refractivity contribution in [3.8, 4) is 24.2 Å². The summed E-state index contributed by atoms with van der Waals surface area (Å²) in [4.78, 5) is 11.9. The van der Waals surface area contributed by atoms with Gasteiger partial charge in [0.1, 0.15) is 24.0 Å². The number of hydrogen-bond donors (Lipinski definition) is 1. The van der Waals surface area contributed by atoms with Crippen LogP contribution >= 0.6 is 15.9 Å². The Kier molecular flexibility index (Phi) is 6.52. The Morgan fingerprint density at radius 3 is 2.86 bits per heavy atom.